The molecule has 0 spiro atoms. The minimum absolute atomic E-state index is 0.145. The molecule has 0 fully saturated rings. The van der Waals surface area contributed by atoms with Crippen LogP contribution in [0.4, 0.5) is 0 Å². The summed E-state index contributed by atoms with van der Waals surface area (Å²) in [7, 11) is 3.30. The monoisotopic (exact) mass is 210 g/mol. The van der Waals surface area contributed by atoms with Crippen molar-refractivity contribution >= 4 is 0 Å². The van der Waals surface area contributed by atoms with Gasteiger partial charge in [-0.2, -0.15) is 0 Å². The van der Waals surface area contributed by atoms with E-state index in [2.05, 4.69) is 0 Å². The Kier molecular flexibility index (Phi) is 4.59. The van der Waals surface area contributed by atoms with Crippen molar-refractivity contribution in [2.24, 2.45) is 0 Å². The van der Waals surface area contributed by atoms with Crippen LogP contribution in [0.5, 0.6) is 5.75 Å². The lowest BCUT2D eigenvalue weighted by Crippen LogP contribution is -2.01. The quantitative estimate of drug-likeness (QED) is 0.807. The highest BCUT2D eigenvalue weighted by molar-refractivity contribution is 5.38. The van der Waals surface area contributed by atoms with Crippen molar-refractivity contribution in [3.8, 4) is 5.75 Å². The van der Waals surface area contributed by atoms with E-state index in [9.17, 15) is 0 Å². The van der Waals surface area contributed by atoms with E-state index in [0.29, 0.717) is 6.61 Å². The number of aliphatic hydroxyl groups excluding tert-OH is 1. The molecule has 0 bridgehead atoms. The molecule has 0 aliphatic carbocycles. The van der Waals surface area contributed by atoms with E-state index >= 15 is 0 Å². The first-order valence-corrected chi connectivity index (χ1v) is 4.99. The Balaban J connectivity index is 2.98. The molecule has 1 aromatic carbocycles. The van der Waals surface area contributed by atoms with Crippen LogP contribution < -0.4 is 4.74 Å². The second kappa shape index (κ2) is 5.73. The van der Waals surface area contributed by atoms with Gasteiger partial charge in [-0.15, -0.1) is 0 Å². The maximum Gasteiger partial charge on any atom is 0.124 e. The average Bonchev–Trinajstić information content (AvgIpc) is 2.28. The summed E-state index contributed by atoms with van der Waals surface area (Å²) in [5.41, 5.74) is 2.11. The summed E-state index contributed by atoms with van der Waals surface area (Å²) in [5, 5.41) is 9.07. The third-order valence-corrected chi connectivity index (χ3v) is 2.45. The molecule has 84 valence electrons. The zero-order valence-corrected chi connectivity index (χ0v) is 9.49. The zero-order valence-electron chi connectivity index (χ0n) is 9.49. The zero-order chi connectivity index (χ0) is 11.3. The Morgan fingerprint density at radius 1 is 1.33 bits per heavy atom. The van der Waals surface area contributed by atoms with Gasteiger partial charge in [0.15, 0.2) is 0 Å². The van der Waals surface area contributed by atoms with Crippen molar-refractivity contribution in [3.63, 3.8) is 0 Å². The summed E-state index contributed by atoms with van der Waals surface area (Å²) in [5.74, 6) is 0.970. The Labute approximate surface area is 90.6 Å². The topological polar surface area (TPSA) is 38.7 Å². The maximum absolute atomic E-state index is 9.07. The molecule has 1 unspecified atom stereocenters. The molecule has 0 aliphatic heterocycles. The van der Waals surface area contributed by atoms with Crippen LogP contribution in [0, 0.1) is 0 Å². The van der Waals surface area contributed by atoms with Gasteiger partial charge in [0.2, 0.25) is 0 Å². The first-order valence-electron chi connectivity index (χ1n) is 4.99. The fourth-order valence-corrected chi connectivity index (χ4v) is 1.48. The van der Waals surface area contributed by atoms with Crippen molar-refractivity contribution in [2.75, 3.05) is 20.8 Å². The minimum atomic E-state index is 0.145. The van der Waals surface area contributed by atoms with Crippen LogP contribution in [0.1, 0.15) is 24.0 Å². The lowest BCUT2D eigenvalue weighted by atomic mass is 9.99. The van der Waals surface area contributed by atoms with E-state index in [1.54, 1.807) is 14.2 Å². The number of hydrogen-bond donors (Lipinski definition) is 1. The van der Waals surface area contributed by atoms with E-state index < -0.39 is 0 Å². The van der Waals surface area contributed by atoms with Crippen LogP contribution in [0.25, 0.3) is 0 Å². The van der Waals surface area contributed by atoms with Crippen LogP contribution in [0.2, 0.25) is 0 Å². The molecule has 1 rings (SSSR count). The third-order valence-electron chi connectivity index (χ3n) is 2.45. The molecule has 0 amide bonds. The van der Waals surface area contributed by atoms with Crippen LogP contribution >= 0.6 is 0 Å². The van der Waals surface area contributed by atoms with Gasteiger partial charge in [0, 0.05) is 25.2 Å². The Morgan fingerprint density at radius 2 is 2.07 bits per heavy atom. The van der Waals surface area contributed by atoms with Crippen molar-refractivity contribution in [2.45, 2.75) is 19.4 Å². The molecular formula is C12H18O3. The second-order valence-electron chi connectivity index (χ2n) is 3.59. The van der Waals surface area contributed by atoms with Crippen molar-refractivity contribution in [1.29, 1.82) is 0 Å². The normalized spacial score (nSPS) is 12.5. The van der Waals surface area contributed by atoms with Crippen LogP contribution in [-0.4, -0.2) is 25.9 Å². The molecule has 3 heteroatoms. The minimum Gasteiger partial charge on any atom is -0.496 e. The summed E-state index contributed by atoms with van der Waals surface area (Å²) < 4.78 is 10.3. The van der Waals surface area contributed by atoms with Gasteiger partial charge in [-0.1, -0.05) is 13.0 Å². The van der Waals surface area contributed by atoms with Gasteiger partial charge in [-0.25, -0.2) is 0 Å². The van der Waals surface area contributed by atoms with Crippen molar-refractivity contribution < 1.29 is 14.6 Å². The van der Waals surface area contributed by atoms with Crippen LogP contribution in [0.3, 0.4) is 0 Å². The van der Waals surface area contributed by atoms with E-state index in [-0.39, 0.29) is 12.5 Å². The van der Waals surface area contributed by atoms with E-state index in [4.69, 9.17) is 14.6 Å². The van der Waals surface area contributed by atoms with Gasteiger partial charge in [0.1, 0.15) is 5.75 Å². The molecule has 0 aromatic heterocycles. The van der Waals surface area contributed by atoms with Gasteiger partial charge in [0.25, 0.3) is 0 Å². The fraction of sp³-hybridized carbons (Fsp3) is 0.500. The predicted octanol–water partition coefficient (Wildman–Crippen LogP) is 1.94. The molecule has 1 atom stereocenters. The smallest absolute Gasteiger partial charge is 0.124 e. The van der Waals surface area contributed by atoms with E-state index in [1.807, 2.05) is 25.1 Å². The van der Waals surface area contributed by atoms with Crippen molar-refractivity contribution in [1.82, 2.24) is 0 Å². The average molecular weight is 210 g/mol. The van der Waals surface area contributed by atoms with Gasteiger partial charge < -0.3 is 14.6 Å². The summed E-state index contributed by atoms with van der Waals surface area (Å²) in [6.45, 7) is 2.66. The molecule has 0 aliphatic rings. The highest BCUT2D eigenvalue weighted by Gasteiger charge is 2.08. The summed E-state index contributed by atoms with van der Waals surface area (Å²) >= 11 is 0. The molecule has 0 saturated carbocycles. The molecule has 1 N–H and O–H groups in total. The molecule has 1 aromatic rings. The van der Waals surface area contributed by atoms with Crippen LogP contribution in [0.15, 0.2) is 18.2 Å². The Bertz CT molecular complexity index is 310. The van der Waals surface area contributed by atoms with E-state index in [1.165, 1.54) is 0 Å². The standard InChI is InChI=1S/C12H18O3/c1-9(7-13)10-4-5-12(15-3)11(6-10)8-14-2/h4-6,9,13H,7-8H2,1-3H3. The molecule has 15 heavy (non-hydrogen) atoms. The number of hydrogen-bond acceptors (Lipinski definition) is 3. The highest BCUT2D eigenvalue weighted by atomic mass is 16.5. The number of aliphatic hydroxyl groups is 1. The van der Waals surface area contributed by atoms with E-state index in [0.717, 1.165) is 16.9 Å². The Morgan fingerprint density at radius 3 is 2.60 bits per heavy atom. The SMILES string of the molecule is COCc1cc(C(C)CO)ccc1OC. The first-order chi connectivity index (χ1) is 7.22. The summed E-state index contributed by atoms with van der Waals surface area (Å²) in [6, 6.07) is 5.90. The highest BCUT2D eigenvalue weighted by Crippen LogP contribution is 2.24. The van der Waals surface area contributed by atoms with Crippen LogP contribution in [-0.2, 0) is 11.3 Å². The molecule has 0 saturated heterocycles. The van der Waals surface area contributed by atoms with Gasteiger partial charge in [-0.05, 0) is 17.7 Å². The second-order valence-corrected chi connectivity index (χ2v) is 3.59. The number of methoxy groups -OCH3 is 2. The number of benzene rings is 1. The molecular weight excluding hydrogens is 192 g/mol. The van der Waals surface area contributed by atoms with Gasteiger partial charge in [0.05, 0.1) is 13.7 Å². The lowest BCUT2D eigenvalue weighted by molar-refractivity contribution is 0.181. The molecule has 0 radical (unpaired) electrons. The largest absolute Gasteiger partial charge is 0.496 e. The fourth-order valence-electron chi connectivity index (χ4n) is 1.48. The maximum atomic E-state index is 9.07. The van der Waals surface area contributed by atoms with Gasteiger partial charge in [-0.3, -0.25) is 0 Å². The summed E-state index contributed by atoms with van der Waals surface area (Å²) in [6.07, 6.45) is 0. The van der Waals surface area contributed by atoms with Gasteiger partial charge >= 0.3 is 0 Å². The first kappa shape index (κ1) is 12.0. The van der Waals surface area contributed by atoms with Crippen molar-refractivity contribution in [3.05, 3.63) is 29.3 Å². The third kappa shape index (κ3) is 2.94. The molecule has 3 nitrogen and oxygen atoms in total. The number of rotatable bonds is 5. The Hall–Kier alpha value is -1.06. The molecule has 0 heterocycles. The lowest BCUT2D eigenvalue weighted by Gasteiger charge is -2.13. The summed E-state index contributed by atoms with van der Waals surface area (Å²) in [4.78, 5) is 0. The number of ether oxygens (including phenoxy) is 2. The predicted molar refractivity (Wildman–Crippen MR) is 59.2 cm³/mol.